The van der Waals surface area contributed by atoms with Crippen molar-refractivity contribution in [2.75, 3.05) is 0 Å². The molecule has 6 heteroatoms. The molecule has 0 aliphatic rings. The molecule has 0 unspecified atom stereocenters. The highest BCUT2D eigenvalue weighted by molar-refractivity contribution is 5.79. The van der Waals surface area contributed by atoms with Crippen molar-refractivity contribution in [1.82, 2.24) is 20.3 Å². The van der Waals surface area contributed by atoms with Crippen molar-refractivity contribution >= 4 is 16.9 Å². The molecule has 0 aliphatic carbocycles. The van der Waals surface area contributed by atoms with Crippen LogP contribution < -0.4 is 10.1 Å². The standard InChI is InChI=1S/C21H18N4O2/c26-21(15-25-19-12-6-5-11-18(19)23-24-25)22-14-16-8-4-7-13-20(16)27-17-9-2-1-3-10-17/h1-13H,14-15H2,(H,22,26). The van der Waals surface area contributed by atoms with E-state index in [1.54, 1.807) is 4.68 Å². The Balaban J connectivity index is 1.42. The summed E-state index contributed by atoms with van der Waals surface area (Å²) in [5, 5.41) is 11.0. The maximum absolute atomic E-state index is 12.4. The van der Waals surface area contributed by atoms with E-state index < -0.39 is 0 Å². The maximum Gasteiger partial charge on any atom is 0.242 e. The van der Waals surface area contributed by atoms with Crippen LogP contribution in [0, 0.1) is 0 Å². The maximum atomic E-state index is 12.4. The molecule has 134 valence electrons. The van der Waals surface area contributed by atoms with Crippen molar-refractivity contribution in [3.8, 4) is 11.5 Å². The number of ether oxygens (including phenoxy) is 1. The molecule has 0 aliphatic heterocycles. The van der Waals surface area contributed by atoms with Gasteiger partial charge in [-0.1, -0.05) is 53.7 Å². The quantitative estimate of drug-likeness (QED) is 0.572. The van der Waals surface area contributed by atoms with Crippen LogP contribution in [0.2, 0.25) is 0 Å². The normalized spacial score (nSPS) is 10.7. The largest absolute Gasteiger partial charge is 0.457 e. The predicted molar refractivity (Wildman–Crippen MR) is 102 cm³/mol. The monoisotopic (exact) mass is 358 g/mol. The van der Waals surface area contributed by atoms with Crippen molar-refractivity contribution in [2.45, 2.75) is 13.1 Å². The van der Waals surface area contributed by atoms with Crippen LogP contribution in [-0.2, 0) is 17.9 Å². The van der Waals surface area contributed by atoms with Gasteiger partial charge in [0.1, 0.15) is 23.6 Å². The lowest BCUT2D eigenvalue weighted by atomic mass is 10.2. The number of nitrogens with zero attached hydrogens (tertiary/aromatic N) is 3. The molecule has 4 rings (SSSR count). The molecule has 0 bridgehead atoms. The van der Waals surface area contributed by atoms with Crippen LogP contribution in [0.1, 0.15) is 5.56 Å². The topological polar surface area (TPSA) is 69.0 Å². The summed E-state index contributed by atoms with van der Waals surface area (Å²) in [7, 11) is 0. The summed E-state index contributed by atoms with van der Waals surface area (Å²) in [6.07, 6.45) is 0. The highest BCUT2D eigenvalue weighted by Gasteiger charge is 2.10. The lowest BCUT2D eigenvalue weighted by Gasteiger charge is -2.12. The molecule has 1 N–H and O–H groups in total. The number of carbonyl (C=O) groups excluding carboxylic acids is 1. The fourth-order valence-corrected chi connectivity index (χ4v) is 2.78. The third kappa shape index (κ3) is 3.95. The van der Waals surface area contributed by atoms with Gasteiger partial charge in [0.2, 0.25) is 5.91 Å². The van der Waals surface area contributed by atoms with Crippen LogP contribution in [0.15, 0.2) is 78.9 Å². The van der Waals surface area contributed by atoms with Crippen molar-refractivity contribution in [2.24, 2.45) is 0 Å². The lowest BCUT2D eigenvalue weighted by molar-refractivity contribution is -0.121. The second-order valence-electron chi connectivity index (χ2n) is 6.04. The van der Waals surface area contributed by atoms with Crippen molar-refractivity contribution in [1.29, 1.82) is 0 Å². The third-order valence-corrected chi connectivity index (χ3v) is 4.13. The number of hydrogen-bond acceptors (Lipinski definition) is 4. The first-order valence-electron chi connectivity index (χ1n) is 8.65. The number of carbonyl (C=O) groups is 1. The fraction of sp³-hybridized carbons (Fsp3) is 0.0952. The Bertz CT molecular complexity index is 1060. The summed E-state index contributed by atoms with van der Waals surface area (Å²) in [6, 6.07) is 24.8. The number of fused-ring (bicyclic) bond motifs is 1. The fourth-order valence-electron chi connectivity index (χ4n) is 2.78. The first-order valence-corrected chi connectivity index (χ1v) is 8.65. The van der Waals surface area contributed by atoms with E-state index in [0.717, 1.165) is 28.1 Å². The summed E-state index contributed by atoms with van der Waals surface area (Å²) >= 11 is 0. The molecule has 6 nitrogen and oxygen atoms in total. The van der Waals surface area contributed by atoms with Gasteiger partial charge in [-0.25, -0.2) is 4.68 Å². The minimum absolute atomic E-state index is 0.113. The zero-order chi connectivity index (χ0) is 18.5. The number of amides is 1. The van der Waals surface area contributed by atoms with Gasteiger partial charge >= 0.3 is 0 Å². The Labute approximate surface area is 156 Å². The smallest absolute Gasteiger partial charge is 0.242 e. The number of para-hydroxylation sites is 3. The summed E-state index contributed by atoms with van der Waals surface area (Å²) in [4.78, 5) is 12.4. The number of aromatic nitrogens is 3. The van der Waals surface area contributed by atoms with E-state index in [0.29, 0.717) is 6.54 Å². The van der Waals surface area contributed by atoms with Gasteiger partial charge in [0.15, 0.2) is 0 Å². The summed E-state index contributed by atoms with van der Waals surface area (Å²) in [5.74, 6) is 1.33. The van der Waals surface area contributed by atoms with E-state index in [-0.39, 0.29) is 12.5 Å². The second-order valence-corrected chi connectivity index (χ2v) is 6.04. The van der Waals surface area contributed by atoms with Crippen LogP contribution in [0.5, 0.6) is 11.5 Å². The molecular formula is C21H18N4O2. The van der Waals surface area contributed by atoms with E-state index in [9.17, 15) is 4.79 Å². The molecular weight excluding hydrogens is 340 g/mol. The van der Waals surface area contributed by atoms with Gasteiger partial charge in [0.05, 0.1) is 5.52 Å². The van der Waals surface area contributed by atoms with Crippen LogP contribution >= 0.6 is 0 Å². The SMILES string of the molecule is O=C(Cn1nnc2ccccc21)NCc1ccccc1Oc1ccccc1. The van der Waals surface area contributed by atoms with E-state index in [2.05, 4.69) is 15.6 Å². The van der Waals surface area contributed by atoms with Gasteiger partial charge in [-0.2, -0.15) is 0 Å². The van der Waals surface area contributed by atoms with Gasteiger partial charge in [0.25, 0.3) is 0 Å². The molecule has 27 heavy (non-hydrogen) atoms. The molecule has 0 saturated carbocycles. The Morgan fingerprint density at radius 1 is 0.926 bits per heavy atom. The van der Waals surface area contributed by atoms with E-state index in [1.165, 1.54) is 0 Å². The van der Waals surface area contributed by atoms with Crippen LogP contribution in [0.3, 0.4) is 0 Å². The first kappa shape index (κ1) is 16.8. The van der Waals surface area contributed by atoms with Crippen molar-refractivity contribution in [3.63, 3.8) is 0 Å². The molecule has 1 heterocycles. The van der Waals surface area contributed by atoms with E-state index >= 15 is 0 Å². The number of rotatable bonds is 6. The predicted octanol–water partition coefficient (Wildman–Crippen LogP) is 3.54. The molecule has 0 fully saturated rings. The van der Waals surface area contributed by atoms with Gasteiger partial charge in [0, 0.05) is 12.1 Å². The number of nitrogens with one attached hydrogen (secondary N) is 1. The molecule has 0 saturated heterocycles. The summed E-state index contributed by atoms with van der Waals surface area (Å²) in [5.41, 5.74) is 2.51. The van der Waals surface area contributed by atoms with Crippen LogP contribution in [0.4, 0.5) is 0 Å². The van der Waals surface area contributed by atoms with Gasteiger partial charge in [-0.3, -0.25) is 4.79 Å². The van der Waals surface area contributed by atoms with Gasteiger partial charge < -0.3 is 10.1 Å². The molecule has 0 atom stereocenters. The number of benzene rings is 3. The van der Waals surface area contributed by atoms with E-state index in [1.807, 2.05) is 78.9 Å². The Morgan fingerprint density at radius 3 is 2.56 bits per heavy atom. The van der Waals surface area contributed by atoms with Gasteiger partial charge in [-0.05, 0) is 30.3 Å². The van der Waals surface area contributed by atoms with Crippen molar-refractivity contribution in [3.05, 3.63) is 84.4 Å². The molecule has 3 aromatic carbocycles. The average Bonchev–Trinajstić information content (AvgIpc) is 3.11. The second kappa shape index (κ2) is 7.70. The Kier molecular flexibility index (Phi) is 4.78. The summed E-state index contributed by atoms with van der Waals surface area (Å²) in [6.45, 7) is 0.483. The zero-order valence-corrected chi connectivity index (χ0v) is 14.6. The minimum atomic E-state index is -0.139. The third-order valence-electron chi connectivity index (χ3n) is 4.13. The summed E-state index contributed by atoms with van der Waals surface area (Å²) < 4.78 is 7.52. The minimum Gasteiger partial charge on any atom is -0.457 e. The highest BCUT2D eigenvalue weighted by atomic mass is 16.5. The molecule has 1 aromatic heterocycles. The molecule has 1 amide bonds. The lowest BCUT2D eigenvalue weighted by Crippen LogP contribution is -2.27. The van der Waals surface area contributed by atoms with Crippen LogP contribution in [-0.4, -0.2) is 20.9 Å². The zero-order valence-electron chi connectivity index (χ0n) is 14.6. The molecule has 4 aromatic rings. The Morgan fingerprint density at radius 2 is 1.67 bits per heavy atom. The average molecular weight is 358 g/mol. The highest BCUT2D eigenvalue weighted by Crippen LogP contribution is 2.24. The van der Waals surface area contributed by atoms with Crippen molar-refractivity contribution < 1.29 is 9.53 Å². The molecule has 0 spiro atoms. The first-order chi connectivity index (χ1) is 13.3. The Hall–Kier alpha value is -3.67. The molecule has 0 radical (unpaired) electrons. The van der Waals surface area contributed by atoms with E-state index in [4.69, 9.17) is 4.74 Å². The van der Waals surface area contributed by atoms with Gasteiger partial charge in [-0.15, -0.1) is 5.10 Å². The number of hydrogen-bond donors (Lipinski definition) is 1. The van der Waals surface area contributed by atoms with Crippen LogP contribution in [0.25, 0.3) is 11.0 Å².